The third-order valence-corrected chi connectivity index (χ3v) is 3.32. The summed E-state index contributed by atoms with van der Waals surface area (Å²) in [4.78, 5) is 0. The molecule has 2 aromatic carbocycles. The monoisotopic (exact) mass is 319 g/mol. The SMILES string of the molecule is N=c1oc2c(F)cc(Nc3ccc(F)cc3)cc2cc1NS. The van der Waals surface area contributed by atoms with Crippen LogP contribution >= 0.6 is 12.8 Å². The summed E-state index contributed by atoms with van der Waals surface area (Å²) in [5, 5.41) is 11.1. The number of hydrogen-bond donors (Lipinski definition) is 4. The fourth-order valence-electron chi connectivity index (χ4n) is 2.06. The molecule has 3 rings (SSSR count). The van der Waals surface area contributed by atoms with Crippen molar-refractivity contribution in [2.75, 3.05) is 10.0 Å². The van der Waals surface area contributed by atoms with Crippen LogP contribution in [0.3, 0.4) is 0 Å². The molecule has 7 heteroatoms. The first-order valence-electron chi connectivity index (χ1n) is 6.31. The molecule has 1 heterocycles. The highest BCUT2D eigenvalue weighted by Crippen LogP contribution is 2.26. The lowest BCUT2D eigenvalue weighted by atomic mass is 10.2. The number of halogens is 2. The summed E-state index contributed by atoms with van der Waals surface area (Å²) in [6.45, 7) is 0. The van der Waals surface area contributed by atoms with Gasteiger partial charge < -0.3 is 14.5 Å². The van der Waals surface area contributed by atoms with Gasteiger partial charge in [-0.25, -0.2) is 8.78 Å². The van der Waals surface area contributed by atoms with Crippen molar-refractivity contribution in [3.63, 3.8) is 0 Å². The first-order valence-corrected chi connectivity index (χ1v) is 6.76. The van der Waals surface area contributed by atoms with Gasteiger partial charge in [-0.2, -0.15) is 0 Å². The molecule has 22 heavy (non-hydrogen) atoms. The Bertz CT molecular complexity index is 894. The lowest BCUT2D eigenvalue weighted by Gasteiger charge is -2.09. The molecule has 0 fully saturated rings. The summed E-state index contributed by atoms with van der Waals surface area (Å²) in [5.74, 6) is -0.942. The van der Waals surface area contributed by atoms with Gasteiger partial charge in [-0.3, -0.25) is 5.41 Å². The Labute approximate surface area is 129 Å². The standard InChI is InChI=1S/C15H11F2N3OS/c16-9-1-3-10(4-2-9)19-11-5-8-6-13(20-22)15(18)21-14(8)12(17)7-11/h1-7,18-20,22H. The van der Waals surface area contributed by atoms with Crippen molar-refractivity contribution >= 4 is 40.8 Å². The second kappa shape index (κ2) is 5.69. The zero-order valence-corrected chi connectivity index (χ0v) is 12.0. The van der Waals surface area contributed by atoms with Gasteiger partial charge in [0.15, 0.2) is 11.4 Å². The van der Waals surface area contributed by atoms with Gasteiger partial charge in [0.25, 0.3) is 0 Å². The number of fused-ring (bicyclic) bond motifs is 1. The minimum absolute atomic E-state index is 0.0120. The lowest BCUT2D eigenvalue weighted by Crippen LogP contribution is -2.04. The highest BCUT2D eigenvalue weighted by atomic mass is 32.1. The average molecular weight is 319 g/mol. The Balaban J connectivity index is 2.05. The molecule has 0 aliphatic heterocycles. The van der Waals surface area contributed by atoms with E-state index in [1.165, 1.54) is 18.2 Å². The van der Waals surface area contributed by atoms with Crippen LogP contribution in [-0.2, 0) is 0 Å². The highest BCUT2D eigenvalue weighted by Gasteiger charge is 2.09. The largest absolute Gasteiger partial charge is 0.434 e. The van der Waals surface area contributed by atoms with Crippen molar-refractivity contribution in [1.29, 1.82) is 5.41 Å². The van der Waals surface area contributed by atoms with Gasteiger partial charge in [0.2, 0.25) is 5.55 Å². The van der Waals surface area contributed by atoms with Crippen LogP contribution in [0.15, 0.2) is 46.9 Å². The smallest absolute Gasteiger partial charge is 0.236 e. The summed E-state index contributed by atoms with van der Waals surface area (Å²) in [6, 6.07) is 10.2. The van der Waals surface area contributed by atoms with Gasteiger partial charge in [-0.15, -0.1) is 0 Å². The van der Waals surface area contributed by atoms with Gasteiger partial charge in [0, 0.05) is 22.8 Å². The Hall–Kier alpha value is -2.54. The van der Waals surface area contributed by atoms with Crippen molar-refractivity contribution in [3.8, 4) is 0 Å². The molecule has 4 nitrogen and oxygen atoms in total. The summed E-state index contributed by atoms with van der Waals surface area (Å²) in [7, 11) is 0. The first-order chi connectivity index (χ1) is 10.6. The third-order valence-electron chi connectivity index (χ3n) is 3.07. The second-order valence-corrected chi connectivity index (χ2v) is 4.83. The molecule has 0 bridgehead atoms. The van der Waals surface area contributed by atoms with E-state index in [2.05, 4.69) is 22.9 Å². The van der Waals surface area contributed by atoms with Gasteiger partial charge in [-0.1, -0.05) is 12.8 Å². The Morgan fingerprint density at radius 3 is 2.41 bits per heavy atom. The molecule has 0 saturated carbocycles. The van der Waals surface area contributed by atoms with Crippen LogP contribution in [-0.4, -0.2) is 0 Å². The first kappa shape index (κ1) is 14.4. The minimum atomic E-state index is -0.596. The zero-order valence-electron chi connectivity index (χ0n) is 11.2. The van der Waals surface area contributed by atoms with Crippen LogP contribution in [0, 0.1) is 17.0 Å². The Kier molecular flexibility index (Phi) is 3.72. The normalized spacial score (nSPS) is 10.7. The predicted molar refractivity (Wildman–Crippen MR) is 84.3 cm³/mol. The van der Waals surface area contributed by atoms with Crippen LogP contribution in [0.4, 0.5) is 25.8 Å². The van der Waals surface area contributed by atoms with E-state index in [0.29, 0.717) is 22.4 Å². The van der Waals surface area contributed by atoms with E-state index >= 15 is 0 Å². The number of anilines is 3. The maximum Gasteiger partial charge on any atom is 0.236 e. The molecular weight excluding hydrogens is 308 g/mol. The van der Waals surface area contributed by atoms with Crippen molar-refractivity contribution in [3.05, 3.63) is 59.7 Å². The molecule has 0 radical (unpaired) electrons. The number of benzene rings is 2. The number of thiol groups is 1. The van der Waals surface area contributed by atoms with Crippen LogP contribution < -0.4 is 15.6 Å². The van der Waals surface area contributed by atoms with E-state index in [1.54, 1.807) is 24.3 Å². The maximum absolute atomic E-state index is 14.1. The van der Waals surface area contributed by atoms with E-state index in [0.717, 1.165) is 0 Å². The molecule has 3 aromatic rings. The van der Waals surface area contributed by atoms with E-state index in [1.807, 2.05) is 0 Å². The predicted octanol–water partition coefficient (Wildman–Crippen LogP) is 4.19. The molecule has 112 valence electrons. The molecule has 3 N–H and O–H groups in total. The second-order valence-electron chi connectivity index (χ2n) is 4.61. The summed E-state index contributed by atoms with van der Waals surface area (Å²) in [6.07, 6.45) is 0. The highest BCUT2D eigenvalue weighted by molar-refractivity contribution is 7.81. The average Bonchev–Trinajstić information content (AvgIpc) is 2.50. The third kappa shape index (κ3) is 2.75. The topological polar surface area (TPSA) is 61.1 Å². The number of hydrogen-bond acceptors (Lipinski definition) is 5. The van der Waals surface area contributed by atoms with Crippen LogP contribution in [0.5, 0.6) is 0 Å². The summed E-state index contributed by atoms with van der Waals surface area (Å²) in [5.41, 5.74) is 1.22. The Morgan fingerprint density at radius 2 is 1.73 bits per heavy atom. The molecule has 0 aliphatic carbocycles. The van der Waals surface area contributed by atoms with E-state index in [4.69, 9.17) is 9.83 Å². The quantitative estimate of drug-likeness (QED) is 0.547. The fraction of sp³-hybridized carbons (Fsp3) is 0. The van der Waals surface area contributed by atoms with E-state index in [-0.39, 0.29) is 17.0 Å². The summed E-state index contributed by atoms with van der Waals surface area (Å²) < 4.78 is 34.6. The maximum atomic E-state index is 14.1. The van der Waals surface area contributed by atoms with Crippen molar-refractivity contribution in [1.82, 2.24) is 0 Å². The minimum Gasteiger partial charge on any atom is -0.434 e. The van der Waals surface area contributed by atoms with Crippen LogP contribution in [0.1, 0.15) is 0 Å². The number of rotatable bonds is 3. The zero-order chi connectivity index (χ0) is 15.7. The van der Waals surface area contributed by atoms with Gasteiger partial charge in [0.05, 0.1) is 0 Å². The van der Waals surface area contributed by atoms with Gasteiger partial charge in [0.1, 0.15) is 11.5 Å². The molecule has 1 aromatic heterocycles. The van der Waals surface area contributed by atoms with Crippen molar-refractivity contribution in [2.24, 2.45) is 0 Å². The molecule has 0 atom stereocenters. The molecule has 0 amide bonds. The molecule has 0 unspecified atom stereocenters. The number of nitrogens with one attached hydrogen (secondary N) is 3. The Morgan fingerprint density at radius 1 is 1.00 bits per heavy atom. The van der Waals surface area contributed by atoms with Crippen molar-refractivity contribution < 1.29 is 13.2 Å². The van der Waals surface area contributed by atoms with Crippen LogP contribution in [0.25, 0.3) is 11.0 Å². The van der Waals surface area contributed by atoms with E-state index < -0.39 is 5.82 Å². The van der Waals surface area contributed by atoms with Crippen molar-refractivity contribution in [2.45, 2.75) is 0 Å². The van der Waals surface area contributed by atoms with Gasteiger partial charge >= 0.3 is 0 Å². The molecular formula is C15H11F2N3OS. The van der Waals surface area contributed by atoms with E-state index in [9.17, 15) is 8.78 Å². The molecule has 0 spiro atoms. The fourth-order valence-corrected chi connectivity index (χ4v) is 2.23. The molecule has 0 saturated heterocycles. The molecule has 0 aliphatic rings. The summed E-state index contributed by atoms with van der Waals surface area (Å²) >= 11 is 3.87. The lowest BCUT2D eigenvalue weighted by molar-refractivity contribution is 0.507. The van der Waals surface area contributed by atoms with Crippen LogP contribution in [0.2, 0.25) is 0 Å². The van der Waals surface area contributed by atoms with Gasteiger partial charge in [-0.05, 0) is 36.4 Å².